The first-order valence-corrected chi connectivity index (χ1v) is 7.71. The van der Waals surface area contributed by atoms with E-state index in [4.69, 9.17) is 23.2 Å². The lowest BCUT2D eigenvalue weighted by Crippen LogP contribution is -2.28. The molecule has 1 heterocycles. The molecular formula is C15H14Cl2N4O3. The van der Waals surface area contributed by atoms with Crippen molar-refractivity contribution in [3.63, 3.8) is 0 Å². The summed E-state index contributed by atoms with van der Waals surface area (Å²) < 4.78 is 0. The maximum absolute atomic E-state index is 11.8. The van der Waals surface area contributed by atoms with E-state index in [1.807, 2.05) is 0 Å². The van der Waals surface area contributed by atoms with Crippen LogP contribution in [0.15, 0.2) is 32.9 Å². The molecule has 2 aromatic rings. The van der Waals surface area contributed by atoms with Gasteiger partial charge in [-0.1, -0.05) is 29.3 Å². The normalized spacial score (nSPS) is 11.0. The molecule has 0 aliphatic carbocycles. The van der Waals surface area contributed by atoms with Gasteiger partial charge in [-0.15, -0.1) is 0 Å². The van der Waals surface area contributed by atoms with E-state index in [9.17, 15) is 14.4 Å². The number of benzene rings is 1. The van der Waals surface area contributed by atoms with Gasteiger partial charge < -0.3 is 4.98 Å². The second-order valence-corrected chi connectivity index (χ2v) is 5.79. The van der Waals surface area contributed by atoms with Gasteiger partial charge in [0.1, 0.15) is 0 Å². The lowest BCUT2D eigenvalue weighted by Gasteiger charge is -2.03. The van der Waals surface area contributed by atoms with Crippen LogP contribution in [0, 0.1) is 6.92 Å². The Labute approximate surface area is 146 Å². The van der Waals surface area contributed by atoms with Crippen LogP contribution in [0.25, 0.3) is 0 Å². The number of rotatable bonds is 5. The summed E-state index contributed by atoms with van der Waals surface area (Å²) in [5, 5.41) is 4.63. The molecule has 0 unspecified atom stereocenters. The highest BCUT2D eigenvalue weighted by Crippen LogP contribution is 2.21. The van der Waals surface area contributed by atoms with Crippen LogP contribution in [0.2, 0.25) is 10.0 Å². The highest BCUT2D eigenvalue weighted by Gasteiger charge is 2.08. The molecule has 2 rings (SSSR count). The summed E-state index contributed by atoms with van der Waals surface area (Å²) >= 11 is 11.7. The van der Waals surface area contributed by atoms with Crippen LogP contribution in [-0.2, 0) is 11.2 Å². The van der Waals surface area contributed by atoms with E-state index in [0.717, 1.165) is 0 Å². The highest BCUT2D eigenvalue weighted by atomic mass is 35.5. The fourth-order valence-corrected chi connectivity index (χ4v) is 2.30. The lowest BCUT2D eigenvalue weighted by atomic mass is 10.1. The van der Waals surface area contributed by atoms with Gasteiger partial charge in [-0.3, -0.25) is 14.6 Å². The smallest absolute Gasteiger partial charge is 0.311 e. The average Bonchev–Trinajstić information content (AvgIpc) is 2.49. The maximum Gasteiger partial charge on any atom is 0.325 e. The first-order valence-electron chi connectivity index (χ1n) is 6.96. The van der Waals surface area contributed by atoms with Gasteiger partial charge in [-0.05, 0) is 31.0 Å². The Morgan fingerprint density at radius 2 is 2.00 bits per heavy atom. The topological polar surface area (TPSA) is 107 Å². The molecule has 0 saturated carbocycles. The Hall–Kier alpha value is -2.38. The van der Waals surface area contributed by atoms with Crippen LogP contribution in [0.5, 0.6) is 0 Å². The van der Waals surface area contributed by atoms with Crippen molar-refractivity contribution >= 4 is 35.3 Å². The third-order valence-corrected chi connectivity index (χ3v) is 3.94. The second-order valence-electron chi connectivity index (χ2n) is 4.98. The van der Waals surface area contributed by atoms with E-state index in [0.29, 0.717) is 26.9 Å². The Morgan fingerprint density at radius 3 is 2.67 bits per heavy atom. The van der Waals surface area contributed by atoms with Gasteiger partial charge in [0.25, 0.3) is 5.56 Å². The van der Waals surface area contributed by atoms with E-state index in [1.54, 1.807) is 25.1 Å². The van der Waals surface area contributed by atoms with E-state index in [1.165, 1.54) is 6.21 Å². The van der Waals surface area contributed by atoms with Crippen molar-refractivity contribution in [3.05, 3.63) is 65.9 Å². The lowest BCUT2D eigenvalue weighted by molar-refractivity contribution is -0.121. The SMILES string of the molecule is Cc1[nH]c(=O)[nH]c(=O)c1CCC(=O)N/N=C/c1ccc(Cl)c(Cl)c1. The van der Waals surface area contributed by atoms with E-state index in [-0.39, 0.29) is 18.7 Å². The third kappa shape index (κ3) is 4.81. The zero-order valence-corrected chi connectivity index (χ0v) is 14.2. The molecule has 0 fully saturated rings. The Morgan fingerprint density at radius 1 is 1.25 bits per heavy atom. The number of aromatic nitrogens is 2. The largest absolute Gasteiger partial charge is 0.325 e. The number of nitrogens with zero attached hydrogens (tertiary/aromatic N) is 1. The van der Waals surface area contributed by atoms with Crippen molar-refractivity contribution < 1.29 is 4.79 Å². The molecule has 1 amide bonds. The van der Waals surface area contributed by atoms with Crippen molar-refractivity contribution in [1.82, 2.24) is 15.4 Å². The number of carbonyl (C=O) groups excluding carboxylic acids is 1. The molecule has 0 bridgehead atoms. The van der Waals surface area contributed by atoms with Crippen molar-refractivity contribution in [2.24, 2.45) is 5.10 Å². The summed E-state index contributed by atoms with van der Waals surface area (Å²) in [4.78, 5) is 39.1. The zero-order chi connectivity index (χ0) is 17.7. The fraction of sp³-hybridized carbons (Fsp3) is 0.200. The molecule has 0 saturated heterocycles. The fourth-order valence-electron chi connectivity index (χ4n) is 1.99. The highest BCUT2D eigenvalue weighted by molar-refractivity contribution is 6.42. The summed E-state index contributed by atoms with van der Waals surface area (Å²) in [6.07, 6.45) is 1.67. The summed E-state index contributed by atoms with van der Waals surface area (Å²) in [6, 6.07) is 4.94. The number of halogens is 2. The van der Waals surface area contributed by atoms with E-state index < -0.39 is 11.2 Å². The number of H-pyrrole nitrogens is 2. The maximum atomic E-state index is 11.8. The Bertz CT molecular complexity index is 902. The van der Waals surface area contributed by atoms with Crippen molar-refractivity contribution in [3.8, 4) is 0 Å². The first kappa shape index (κ1) is 18.0. The summed E-state index contributed by atoms with van der Waals surface area (Å²) in [7, 11) is 0. The minimum Gasteiger partial charge on any atom is -0.311 e. The molecule has 24 heavy (non-hydrogen) atoms. The number of aryl methyl sites for hydroxylation is 1. The quantitative estimate of drug-likeness (QED) is 0.552. The number of hydrogen-bond donors (Lipinski definition) is 3. The number of hydrazone groups is 1. The monoisotopic (exact) mass is 368 g/mol. The van der Waals surface area contributed by atoms with Gasteiger partial charge in [0.2, 0.25) is 5.91 Å². The number of carbonyl (C=O) groups is 1. The minimum absolute atomic E-state index is 0.0503. The van der Waals surface area contributed by atoms with Gasteiger partial charge >= 0.3 is 5.69 Å². The predicted octanol–water partition coefficient (Wildman–Crippen LogP) is 1.76. The molecule has 0 atom stereocenters. The van der Waals surface area contributed by atoms with E-state index in [2.05, 4.69) is 20.5 Å². The van der Waals surface area contributed by atoms with Crippen molar-refractivity contribution in [2.45, 2.75) is 19.8 Å². The molecule has 7 nitrogen and oxygen atoms in total. The zero-order valence-electron chi connectivity index (χ0n) is 12.7. The van der Waals surface area contributed by atoms with Crippen LogP contribution < -0.4 is 16.7 Å². The molecule has 126 valence electrons. The number of hydrogen-bond acceptors (Lipinski definition) is 4. The first-order chi connectivity index (χ1) is 11.4. The molecule has 0 spiro atoms. The summed E-state index contributed by atoms with van der Waals surface area (Å²) in [5.41, 5.74) is 2.77. The van der Waals surface area contributed by atoms with Crippen LogP contribution >= 0.6 is 23.2 Å². The van der Waals surface area contributed by atoms with Gasteiger partial charge in [0.15, 0.2) is 0 Å². The van der Waals surface area contributed by atoms with Crippen molar-refractivity contribution in [1.29, 1.82) is 0 Å². The van der Waals surface area contributed by atoms with Crippen LogP contribution in [0.3, 0.4) is 0 Å². The second kappa shape index (κ2) is 7.94. The van der Waals surface area contributed by atoms with Crippen molar-refractivity contribution in [2.75, 3.05) is 0 Å². The predicted molar refractivity (Wildman–Crippen MR) is 92.9 cm³/mol. The Kier molecular flexibility index (Phi) is 5.94. The molecular weight excluding hydrogens is 355 g/mol. The summed E-state index contributed by atoms with van der Waals surface area (Å²) in [5.74, 6) is -0.365. The van der Waals surface area contributed by atoms with Gasteiger partial charge in [-0.25, -0.2) is 10.2 Å². The number of aromatic amines is 2. The van der Waals surface area contributed by atoms with Gasteiger partial charge in [-0.2, -0.15) is 5.10 Å². The minimum atomic E-state index is -0.572. The summed E-state index contributed by atoms with van der Waals surface area (Å²) in [6.45, 7) is 1.60. The third-order valence-electron chi connectivity index (χ3n) is 3.20. The van der Waals surface area contributed by atoms with Crippen LogP contribution in [-0.4, -0.2) is 22.1 Å². The molecule has 1 aromatic carbocycles. The standard InChI is InChI=1S/C15H14Cl2N4O3/c1-8-10(14(23)20-15(24)19-8)3-5-13(22)21-18-7-9-2-4-11(16)12(17)6-9/h2,4,6-7H,3,5H2,1H3,(H,21,22)(H2,19,20,23,24)/b18-7+. The van der Waals surface area contributed by atoms with E-state index >= 15 is 0 Å². The van der Waals surface area contributed by atoms with Gasteiger partial charge in [0, 0.05) is 17.7 Å². The molecule has 3 N–H and O–H groups in total. The molecule has 0 aliphatic rings. The number of nitrogens with one attached hydrogen (secondary N) is 3. The average molecular weight is 369 g/mol. The molecule has 9 heteroatoms. The molecule has 1 aromatic heterocycles. The van der Waals surface area contributed by atoms with Gasteiger partial charge in [0.05, 0.1) is 16.3 Å². The Balaban J connectivity index is 1.92. The number of amides is 1. The molecule has 0 radical (unpaired) electrons. The molecule has 0 aliphatic heterocycles. The van der Waals surface area contributed by atoms with Crippen LogP contribution in [0.4, 0.5) is 0 Å². The van der Waals surface area contributed by atoms with Crippen LogP contribution in [0.1, 0.15) is 23.2 Å².